The third-order valence-corrected chi connectivity index (χ3v) is 7.51. The van der Waals surface area contributed by atoms with E-state index in [4.69, 9.17) is 9.47 Å². The van der Waals surface area contributed by atoms with Gasteiger partial charge >= 0.3 is 29.1 Å². The third kappa shape index (κ3) is 17.1. The second-order valence-corrected chi connectivity index (χ2v) is 11.7. The maximum Gasteiger partial charge on any atom is 0.410 e. The first kappa shape index (κ1) is 40.3. The number of esters is 1. The van der Waals surface area contributed by atoms with Gasteiger partial charge in [-0.15, -0.1) is 0 Å². The zero-order valence-electron chi connectivity index (χ0n) is 28.0. The van der Waals surface area contributed by atoms with Gasteiger partial charge < -0.3 is 24.4 Å². The monoisotopic (exact) mass is 650 g/mol. The van der Waals surface area contributed by atoms with Crippen LogP contribution in [0.2, 0.25) is 0 Å². The predicted molar refractivity (Wildman–Crippen MR) is 175 cm³/mol. The Morgan fingerprint density at radius 1 is 0.630 bits per heavy atom. The molecule has 1 unspecified atom stereocenters. The van der Waals surface area contributed by atoms with Crippen LogP contribution in [0.15, 0.2) is 27.0 Å². The Kier molecular flexibility index (Phi) is 20.6. The third-order valence-electron chi connectivity index (χ3n) is 7.51. The van der Waals surface area contributed by atoms with E-state index < -0.39 is 35.4 Å². The molecule has 0 saturated heterocycles. The summed E-state index contributed by atoms with van der Waals surface area (Å²) in [6.07, 6.45) is 11.0. The summed E-state index contributed by atoms with van der Waals surface area (Å²) in [6.45, 7) is 8.80. The molecule has 1 aromatic rings. The number of ether oxygens (including phenoxy) is 2. The SMILES string of the molecule is C=CC(=O)OC(C)OC(=O)NCCCCCCn1c(=O)n(CCCCCCCC(C)=O)c(=O)n(CCCCCCCC(C)=O)c1=O. The van der Waals surface area contributed by atoms with Crippen LogP contribution in [0, 0.1) is 0 Å². The smallest absolute Gasteiger partial charge is 0.410 e. The summed E-state index contributed by atoms with van der Waals surface area (Å²) in [5.74, 6) is -0.360. The molecular formula is C33H54N4O9. The number of hydrogen-bond acceptors (Lipinski definition) is 9. The molecule has 0 radical (unpaired) electrons. The highest BCUT2D eigenvalue weighted by Gasteiger charge is 2.16. The molecule has 46 heavy (non-hydrogen) atoms. The van der Waals surface area contributed by atoms with Crippen molar-refractivity contribution in [2.24, 2.45) is 0 Å². The Morgan fingerprint density at radius 3 is 1.39 bits per heavy atom. The number of alkyl carbamates (subject to hydrolysis) is 1. The van der Waals surface area contributed by atoms with Crippen LogP contribution < -0.4 is 22.4 Å². The molecule has 0 spiro atoms. The van der Waals surface area contributed by atoms with Crippen LogP contribution >= 0.6 is 0 Å². The molecule has 0 aliphatic carbocycles. The summed E-state index contributed by atoms with van der Waals surface area (Å²) in [6, 6.07) is 0. The molecule has 1 amide bonds. The second-order valence-electron chi connectivity index (χ2n) is 11.7. The van der Waals surface area contributed by atoms with Crippen molar-refractivity contribution in [3.05, 3.63) is 44.1 Å². The molecule has 1 rings (SSSR count). The lowest BCUT2D eigenvalue weighted by atomic mass is 10.1. The first-order chi connectivity index (χ1) is 22.0. The number of amides is 1. The fourth-order valence-corrected chi connectivity index (χ4v) is 4.97. The Morgan fingerprint density at radius 2 is 1.00 bits per heavy atom. The number of Topliss-reactive ketones (excluding diaryl/α,β-unsaturated/α-hetero) is 2. The van der Waals surface area contributed by atoms with Crippen LogP contribution in [-0.4, -0.2) is 50.2 Å². The lowest BCUT2D eigenvalue weighted by Gasteiger charge is -2.14. The van der Waals surface area contributed by atoms with E-state index in [2.05, 4.69) is 11.9 Å². The lowest BCUT2D eigenvalue weighted by Crippen LogP contribution is -2.54. The average Bonchev–Trinajstić information content (AvgIpc) is 2.99. The van der Waals surface area contributed by atoms with Crippen molar-refractivity contribution < 1.29 is 28.7 Å². The van der Waals surface area contributed by atoms with E-state index in [0.717, 1.165) is 68.4 Å². The van der Waals surface area contributed by atoms with Gasteiger partial charge in [0.05, 0.1) is 0 Å². The van der Waals surface area contributed by atoms with E-state index in [0.29, 0.717) is 51.5 Å². The Balaban J connectivity index is 2.72. The summed E-state index contributed by atoms with van der Waals surface area (Å²) in [5.41, 5.74) is -1.77. The highest BCUT2D eigenvalue weighted by molar-refractivity contribution is 5.81. The number of hydrogen-bond donors (Lipinski definition) is 1. The molecule has 0 aromatic carbocycles. The number of ketones is 2. The zero-order valence-corrected chi connectivity index (χ0v) is 28.0. The minimum absolute atomic E-state index is 0.169. The summed E-state index contributed by atoms with van der Waals surface area (Å²) in [4.78, 5) is 85.0. The zero-order chi connectivity index (χ0) is 34.3. The normalized spacial score (nSPS) is 11.5. The van der Waals surface area contributed by atoms with Crippen LogP contribution in [0.5, 0.6) is 0 Å². The van der Waals surface area contributed by atoms with Crippen LogP contribution in [0.1, 0.15) is 124 Å². The van der Waals surface area contributed by atoms with Gasteiger partial charge in [0.1, 0.15) is 11.6 Å². The first-order valence-electron chi connectivity index (χ1n) is 16.7. The largest absolute Gasteiger partial charge is 0.422 e. The number of unbranched alkanes of at least 4 members (excludes halogenated alkanes) is 11. The maximum atomic E-state index is 13.3. The van der Waals surface area contributed by atoms with Gasteiger partial charge in [0.15, 0.2) is 0 Å². The minimum Gasteiger partial charge on any atom is -0.422 e. The molecule has 13 heteroatoms. The van der Waals surface area contributed by atoms with Crippen LogP contribution in [0.3, 0.4) is 0 Å². The van der Waals surface area contributed by atoms with E-state index in [9.17, 15) is 33.6 Å². The molecule has 1 aromatic heterocycles. The van der Waals surface area contributed by atoms with Gasteiger partial charge in [-0.1, -0.05) is 57.9 Å². The van der Waals surface area contributed by atoms with Crippen LogP contribution in [0.25, 0.3) is 0 Å². The van der Waals surface area contributed by atoms with E-state index in [-0.39, 0.29) is 31.2 Å². The molecule has 0 aliphatic heterocycles. The number of aromatic nitrogens is 3. The summed E-state index contributed by atoms with van der Waals surface area (Å²) in [7, 11) is 0. The Bertz CT molecular complexity index is 1230. The van der Waals surface area contributed by atoms with E-state index in [1.807, 2.05) is 0 Å². The summed E-state index contributed by atoms with van der Waals surface area (Å²) in [5, 5.41) is 2.58. The van der Waals surface area contributed by atoms with Gasteiger partial charge in [0, 0.05) is 52.0 Å². The van der Waals surface area contributed by atoms with Gasteiger partial charge in [0.2, 0.25) is 6.29 Å². The molecule has 0 aliphatic rings. The van der Waals surface area contributed by atoms with Crippen molar-refractivity contribution in [1.29, 1.82) is 0 Å². The summed E-state index contributed by atoms with van der Waals surface area (Å²) < 4.78 is 13.2. The standard InChI is InChI=1S/C33H54N4O9/c1-5-29(40)45-28(4)46-30(41)34-22-16-10-13-19-25-37-32(43)35(23-17-11-6-8-14-20-26(2)38)31(42)36(33(37)44)24-18-12-7-9-15-21-27(3)39/h5,28H,1,6-25H2,2-4H3,(H,34,41). The van der Waals surface area contributed by atoms with E-state index in [1.54, 1.807) is 13.8 Å². The fraction of sp³-hybridized carbons (Fsp3) is 0.727. The van der Waals surface area contributed by atoms with Crippen molar-refractivity contribution in [2.45, 2.75) is 149 Å². The second kappa shape index (κ2) is 23.6. The Hall–Kier alpha value is -3.77. The van der Waals surface area contributed by atoms with Crippen molar-refractivity contribution in [1.82, 2.24) is 19.0 Å². The highest BCUT2D eigenvalue weighted by atomic mass is 16.7. The van der Waals surface area contributed by atoms with Gasteiger partial charge in [-0.25, -0.2) is 37.7 Å². The number of carbonyl (C=O) groups excluding carboxylic acids is 4. The van der Waals surface area contributed by atoms with E-state index >= 15 is 0 Å². The molecule has 1 N–H and O–H groups in total. The predicted octanol–water partition coefficient (Wildman–Crippen LogP) is 4.39. The average molecular weight is 651 g/mol. The summed E-state index contributed by atoms with van der Waals surface area (Å²) >= 11 is 0. The first-order valence-corrected chi connectivity index (χ1v) is 16.7. The maximum absolute atomic E-state index is 13.3. The number of nitrogens with zero attached hydrogens (tertiary/aromatic N) is 3. The van der Waals surface area contributed by atoms with E-state index in [1.165, 1.54) is 16.1 Å². The number of rotatable bonds is 26. The highest BCUT2D eigenvalue weighted by Crippen LogP contribution is 2.08. The quantitative estimate of drug-likeness (QED) is 0.0662. The fourth-order valence-electron chi connectivity index (χ4n) is 4.97. The van der Waals surface area contributed by atoms with Crippen molar-refractivity contribution in [3.8, 4) is 0 Å². The van der Waals surface area contributed by atoms with Crippen molar-refractivity contribution >= 4 is 23.6 Å². The molecular weight excluding hydrogens is 596 g/mol. The molecule has 1 atom stereocenters. The van der Waals surface area contributed by atoms with Crippen molar-refractivity contribution in [2.75, 3.05) is 6.54 Å². The van der Waals surface area contributed by atoms with Gasteiger partial charge in [-0.3, -0.25) is 0 Å². The minimum atomic E-state index is -1.05. The number of carbonyl (C=O) groups is 4. The van der Waals surface area contributed by atoms with Crippen LogP contribution in [0.4, 0.5) is 4.79 Å². The molecule has 0 bridgehead atoms. The molecule has 1 heterocycles. The molecule has 260 valence electrons. The molecule has 0 saturated carbocycles. The molecule has 0 fully saturated rings. The van der Waals surface area contributed by atoms with Gasteiger partial charge in [-0.05, 0) is 52.4 Å². The number of nitrogens with one attached hydrogen (secondary N) is 1. The van der Waals surface area contributed by atoms with Crippen molar-refractivity contribution in [3.63, 3.8) is 0 Å². The lowest BCUT2D eigenvalue weighted by molar-refractivity contribution is -0.158. The topological polar surface area (TPSA) is 165 Å². The molecule has 13 nitrogen and oxygen atoms in total. The van der Waals surface area contributed by atoms with Crippen LogP contribution in [-0.2, 0) is 43.5 Å². The van der Waals surface area contributed by atoms with Gasteiger partial charge in [0.25, 0.3) is 0 Å². The Labute approximate surface area is 271 Å². The van der Waals surface area contributed by atoms with Gasteiger partial charge in [-0.2, -0.15) is 0 Å².